The van der Waals surface area contributed by atoms with Crippen molar-refractivity contribution in [1.29, 1.82) is 0 Å². The van der Waals surface area contributed by atoms with E-state index in [1.54, 1.807) is 0 Å². The van der Waals surface area contributed by atoms with Crippen LogP contribution in [0.4, 0.5) is 22.0 Å². The van der Waals surface area contributed by atoms with Crippen LogP contribution in [0.25, 0.3) is 34.0 Å². The van der Waals surface area contributed by atoms with E-state index in [0.29, 0.717) is 11.4 Å². The normalized spacial score (nSPS) is 11.4. The molecule has 12 heteroatoms. The fourth-order valence-corrected chi connectivity index (χ4v) is 3.64. The van der Waals surface area contributed by atoms with Crippen LogP contribution < -0.4 is 4.74 Å². The van der Waals surface area contributed by atoms with E-state index >= 15 is 0 Å². The summed E-state index contributed by atoms with van der Waals surface area (Å²) < 4.78 is 82.0. The highest BCUT2D eigenvalue weighted by atomic mass is 19.2. The summed E-state index contributed by atoms with van der Waals surface area (Å²) in [7, 11) is 1.03. The molecule has 178 valence electrons. The molecule has 0 spiro atoms. The van der Waals surface area contributed by atoms with Gasteiger partial charge in [-0.05, 0) is 19.1 Å². The second-order valence-electron chi connectivity index (χ2n) is 7.54. The van der Waals surface area contributed by atoms with E-state index < -0.39 is 40.4 Å². The van der Waals surface area contributed by atoms with Gasteiger partial charge in [-0.3, -0.25) is 4.68 Å². The van der Waals surface area contributed by atoms with Gasteiger partial charge in [0.2, 0.25) is 5.82 Å². The maximum Gasteiger partial charge on any atom is 0.204 e. The van der Waals surface area contributed by atoms with Crippen LogP contribution >= 0.6 is 0 Å². The first-order valence-corrected chi connectivity index (χ1v) is 10.1. The number of aromatic nitrogens is 5. The number of rotatable bonds is 5. The zero-order valence-electron chi connectivity index (χ0n) is 18.1. The van der Waals surface area contributed by atoms with E-state index in [-0.39, 0.29) is 35.0 Å². The third-order valence-electron chi connectivity index (χ3n) is 5.36. The fourth-order valence-electron chi connectivity index (χ4n) is 3.64. The van der Waals surface area contributed by atoms with Gasteiger partial charge in [-0.1, -0.05) is 11.2 Å². The van der Waals surface area contributed by atoms with Crippen LogP contribution in [-0.2, 0) is 6.54 Å². The van der Waals surface area contributed by atoms with E-state index in [1.807, 2.05) is 0 Å². The maximum absolute atomic E-state index is 14.6. The zero-order valence-corrected chi connectivity index (χ0v) is 18.1. The van der Waals surface area contributed by atoms with Crippen LogP contribution in [0.15, 0.2) is 41.2 Å². The first kappa shape index (κ1) is 22.4. The summed E-state index contributed by atoms with van der Waals surface area (Å²) in [6, 6.07) is 5.01. The molecule has 0 saturated heterocycles. The fraction of sp³-hybridized carbons (Fsp3) is 0.130. The molecule has 2 aliphatic rings. The van der Waals surface area contributed by atoms with Crippen molar-refractivity contribution >= 4 is 0 Å². The Hall–Kier alpha value is -4.35. The van der Waals surface area contributed by atoms with E-state index in [4.69, 9.17) is 4.52 Å². The summed E-state index contributed by atoms with van der Waals surface area (Å²) in [6.45, 7) is 1.27. The molecular weight excluding hydrogens is 473 g/mol. The highest BCUT2D eigenvalue weighted by molar-refractivity contribution is 5.67. The number of benzene rings is 2. The summed E-state index contributed by atoms with van der Waals surface area (Å²) in [6.07, 6.45) is 2.86. The molecule has 35 heavy (non-hydrogen) atoms. The first-order chi connectivity index (χ1) is 16.8. The molecule has 5 rings (SSSR count). The molecular formula is C23H14F5N5O2. The molecule has 0 amide bonds. The SMILES string of the molecule is COc1c(F)c(C)c(-c2cc(Cn3cc4nc(-c5cccc(F)c5F)nc-4cn3)on2)c(F)c1F. The van der Waals surface area contributed by atoms with Crippen molar-refractivity contribution in [2.75, 3.05) is 7.11 Å². The molecule has 0 fully saturated rings. The average molecular weight is 487 g/mol. The Morgan fingerprint density at radius 3 is 2.49 bits per heavy atom. The van der Waals surface area contributed by atoms with Gasteiger partial charge in [-0.25, -0.2) is 27.5 Å². The highest BCUT2D eigenvalue weighted by Crippen LogP contribution is 2.36. The summed E-state index contributed by atoms with van der Waals surface area (Å²) in [5, 5.41) is 7.90. The van der Waals surface area contributed by atoms with Crippen LogP contribution in [0, 0.1) is 36.0 Å². The number of fused-ring (bicyclic) bond motifs is 1. The topological polar surface area (TPSA) is 78.9 Å². The molecule has 3 aromatic rings. The molecule has 2 aliphatic heterocycles. The first-order valence-electron chi connectivity index (χ1n) is 10.1. The van der Waals surface area contributed by atoms with Crippen molar-refractivity contribution in [2.45, 2.75) is 13.5 Å². The number of ether oxygens (including phenoxy) is 1. The van der Waals surface area contributed by atoms with Crippen LogP contribution in [0.2, 0.25) is 0 Å². The van der Waals surface area contributed by atoms with Crippen molar-refractivity contribution in [3.63, 3.8) is 0 Å². The molecule has 7 nitrogen and oxygen atoms in total. The van der Waals surface area contributed by atoms with Gasteiger partial charge in [-0.2, -0.15) is 9.49 Å². The van der Waals surface area contributed by atoms with Crippen molar-refractivity contribution in [3.8, 4) is 39.8 Å². The van der Waals surface area contributed by atoms with Gasteiger partial charge in [0.15, 0.2) is 40.6 Å². The number of halogens is 5. The molecule has 0 N–H and O–H groups in total. The quantitative estimate of drug-likeness (QED) is 0.252. The molecule has 0 saturated carbocycles. The molecule has 0 atom stereocenters. The summed E-state index contributed by atoms with van der Waals surface area (Å²) in [5.74, 6) is -6.56. The number of methoxy groups -OCH3 is 1. The Morgan fingerprint density at radius 1 is 0.943 bits per heavy atom. The largest absolute Gasteiger partial charge is 0.491 e. The minimum absolute atomic E-state index is 0.00124. The van der Waals surface area contributed by atoms with Gasteiger partial charge in [0.25, 0.3) is 0 Å². The minimum Gasteiger partial charge on any atom is -0.491 e. The Labute approximate surface area is 194 Å². The lowest BCUT2D eigenvalue weighted by atomic mass is 10.0. The van der Waals surface area contributed by atoms with Gasteiger partial charge in [0.05, 0.1) is 25.1 Å². The third-order valence-corrected chi connectivity index (χ3v) is 5.36. The van der Waals surface area contributed by atoms with Crippen LogP contribution in [0.5, 0.6) is 5.75 Å². The summed E-state index contributed by atoms with van der Waals surface area (Å²) >= 11 is 0. The summed E-state index contributed by atoms with van der Waals surface area (Å²) in [4.78, 5) is 8.40. The summed E-state index contributed by atoms with van der Waals surface area (Å²) in [5.41, 5.74) is -0.109. The number of nitrogens with zero attached hydrogens (tertiary/aromatic N) is 5. The smallest absolute Gasteiger partial charge is 0.204 e. The van der Waals surface area contributed by atoms with E-state index in [9.17, 15) is 22.0 Å². The molecule has 0 unspecified atom stereocenters. The molecule has 1 aromatic heterocycles. The van der Waals surface area contributed by atoms with Crippen molar-refractivity contribution in [1.82, 2.24) is 24.9 Å². The van der Waals surface area contributed by atoms with E-state index in [0.717, 1.165) is 13.2 Å². The second kappa shape index (κ2) is 8.46. The highest BCUT2D eigenvalue weighted by Gasteiger charge is 2.26. The predicted molar refractivity (Wildman–Crippen MR) is 112 cm³/mol. The number of imidazole rings is 1. The van der Waals surface area contributed by atoms with E-state index in [2.05, 4.69) is 25.0 Å². The molecule has 2 aromatic carbocycles. The Balaban J connectivity index is 1.45. The Bertz CT molecular complexity index is 1520. The zero-order chi connectivity index (χ0) is 24.9. The molecule has 0 aliphatic carbocycles. The van der Waals surface area contributed by atoms with Gasteiger partial charge in [0.1, 0.15) is 23.6 Å². The van der Waals surface area contributed by atoms with Gasteiger partial charge >= 0.3 is 0 Å². The standard InChI is InChI=1S/C23H14F5N5O2/c1-10-17(20(27)21(28)22(34-2)18(10)25)14-6-11(35-32-14)8-33-9-16-15(7-29-33)30-23(31-16)12-4-3-5-13(24)19(12)26/h3-7,9H,8H2,1-2H3. The van der Waals surface area contributed by atoms with Crippen LogP contribution in [0.3, 0.4) is 0 Å². The molecule has 3 heterocycles. The van der Waals surface area contributed by atoms with Crippen LogP contribution in [-0.4, -0.2) is 32.0 Å². The molecule has 0 bridgehead atoms. The van der Waals surface area contributed by atoms with Gasteiger partial charge in [0, 0.05) is 17.2 Å². The third kappa shape index (κ3) is 3.76. The van der Waals surface area contributed by atoms with Crippen molar-refractivity contribution in [3.05, 3.63) is 77.1 Å². The van der Waals surface area contributed by atoms with Crippen molar-refractivity contribution < 1.29 is 31.2 Å². The minimum atomic E-state index is -1.48. The lowest BCUT2D eigenvalue weighted by molar-refractivity contribution is 0.345. The number of hydrogen-bond acceptors (Lipinski definition) is 6. The predicted octanol–water partition coefficient (Wildman–Crippen LogP) is 5.16. The monoisotopic (exact) mass is 487 g/mol. The second-order valence-corrected chi connectivity index (χ2v) is 7.54. The lowest BCUT2D eigenvalue weighted by Gasteiger charge is -2.11. The van der Waals surface area contributed by atoms with Crippen LogP contribution in [0.1, 0.15) is 11.3 Å². The lowest BCUT2D eigenvalue weighted by Crippen LogP contribution is -2.05. The van der Waals surface area contributed by atoms with Gasteiger partial charge < -0.3 is 9.26 Å². The van der Waals surface area contributed by atoms with Gasteiger partial charge in [-0.15, -0.1) is 0 Å². The Morgan fingerprint density at radius 2 is 1.71 bits per heavy atom. The average Bonchev–Trinajstić information content (AvgIpc) is 3.47. The van der Waals surface area contributed by atoms with Crippen molar-refractivity contribution in [2.24, 2.45) is 0 Å². The van der Waals surface area contributed by atoms with E-state index in [1.165, 1.54) is 42.2 Å². The number of hydrogen-bond donors (Lipinski definition) is 0. The molecule has 0 radical (unpaired) electrons. The maximum atomic E-state index is 14.6. The Kier molecular flexibility index (Phi) is 5.42.